The smallest absolute Gasteiger partial charge is 0.207 e. The van der Waals surface area contributed by atoms with Crippen LogP contribution in [0.1, 0.15) is 5.01 Å². The molecule has 0 aliphatic heterocycles. The Balaban J connectivity index is 1.95. The quantitative estimate of drug-likeness (QED) is 0.777. The molecule has 14 heavy (non-hydrogen) atoms. The fraction of sp³-hybridized carbons (Fsp3) is 0.125. The molecule has 2 rings (SSSR count). The Morgan fingerprint density at radius 1 is 1.29 bits per heavy atom. The van der Waals surface area contributed by atoms with Crippen molar-refractivity contribution in [2.45, 2.75) is 10.6 Å². The van der Waals surface area contributed by atoms with Gasteiger partial charge in [0.25, 0.3) is 0 Å². The summed E-state index contributed by atoms with van der Waals surface area (Å²) in [6.45, 7) is 0. The van der Waals surface area contributed by atoms with Crippen LogP contribution in [-0.4, -0.2) is 15.2 Å². The number of hydrogen-bond donors (Lipinski definition) is 0. The van der Waals surface area contributed by atoms with Crippen LogP contribution in [0.5, 0.6) is 0 Å². The zero-order valence-electron chi connectivity index (χ0n) is 7.05. The van der Waals surface area contributed by atoms with Gasteiger partial charge in [-0.1, -0.05) is 11.3 Å². The molecule has 3 nitrogen and oxygen atoms in total. The third-order valence-corrected chi connectivity index (χ3v) is 3.68. The van der Waals surface area contributed by atoms with Gasteiger partial charge in [0, 0.05) is 17.3 Å². The second-order valence-corrected chi connectivity index (χ2v) is 5.11. The minimum absolute atomic E-state index is 0.496. The molecule has 0 aliphatic carbocycles. The van der Waals surface area contributed by atoms with E-state index in [1.165, 1.54) is 16.2 Å². The van der Waals surface area contributed by atoms with Crippen LogP contribution in [0.2, 0.25) is 4.47 Å². The molecule has 0 atom stereocenters. The van der Waals surface area contributed by atoms with Gasteiger partial charge in [-0.3, -0.25) is 4.98 Å². The average Bonchev–Trinajstić information content (AvgIpc) is 2.63. The molecule has 0 fully saturated rings. The van der Waals surface area contributed by atoms with Crippen LogP contribution in [-0.2, 0) is 5.75 Å². The van der Waals surface area contributed by atoms with Crippen molar-refractivity contribution >= 4 is 34.7 Å². The molecule has 0 radical (unpaired) electrons. The van der Waals surface area contributed by atoms with Gasteiger partial charge in [0.05, 0.1) is 5.75 Å². The summed E-state index contributed by atoms with van der Waals surface area (Å²) in [4.78, 5) is 5.12. The molecule has 0 aliphatic rings. The van der Waals surface area contributed by atoms with Gasteiger partial charge in [-0.2, -0.15) is 0 Å². The van der Waals surface area contributed by atoms with E-state index in [1.807, 2.05) is 12.1 Å². The van der Waals surface area contributed by atoms with Crippen LogP contribution >= 0.6 is 34.7 Å². The zero-order valence-corrected chi connectivity index (χ0v) is 9.44. The van der Waals surface area contributed by atoms with E-state index in [-0.39, 0.29) is 0 Å². The first kappa shape index (κ1) is 9.89. The number of rotatable bonds is 3. The summed E-state index contributed by atoms with van der Waals surface area (Å²) in [5.41, 5.74) is 0. The topological polar surface area (TPSA) is 38.7 Å². The lowest BCUT2D eigenvalue weighted by molar-refractivity contribution is 1.04. The molecule has 0 amide bonds. The Bertz CT molecular complexity index is 404. The van der Waals surface area contributed by atoms with Gasteiger partial charge < -0.3 is 0 Å². The number of pyridine rings is 1. The molecule has 0 spiro atoms. The van der Waals surface area contributed by atoms with E-state index < -0.39 is 0 Å². The highest BCUT2D eigenvalue weighted by Gasteiger charge is 2.02. The van der Waals surface area contributed by atoms with E-state index in [1.54, 1.807) is 24.2 Å². The van der Waals surface area contributed by atoms with E-state index in [0.29, 0.717) is 4.47 Å². The van der Waals surface area contributed by atoms with Crippen LogP contribution in [0.4, 0.5) is 0 Å². The van der Waals surface area contributed by atoms with Crippen LogP contribution < -0.4 is 0 Å². The first-order valence-corrected chi connectivity index (χ1v) is 6.03. The number of hydrogen-bond acceptors (Lipinski definition) is 5. The minimum Gasteiger partial charge on any atom is -0.265 e. The van der Waals surface area contributed by atoms with Crippen LogP contribution in [0, 0.1) is 0 Å². The second kappa shape index (κ2) is 4.72. The van der Waals surface area contributed by atoms with E-state index in [0.717, 1.165) is 10.8 Å². The maximum absolute atomic E-state index is 5.67. The van der Waals surface area contributed by atoms with Gasteiger partial charge >= 0.3 is 0 Å². The monoisotopic (exact) mass is 243 g/mol. The van der Waals surface area contributed by atoms with Crippen molar-refractivity contribution in [3.63, 3.8) is 0 Å². The van der Waals surface area contributed by atoms with Gasteiger partial charge in [-0.25, -0.2) is 0 Å². The molecule has 2 heterocycles. The largest absolute Gasteiger partial charge is 0.265 e. The van der Waals surface area contributed by atoms with Crippen molar-refractivity contribution in [1.29, 1.82) is 0 Å². The van der Waals surface area contributed by atoms with Crippen LogP contribution in [0.3, 0.4) is 0 Å². The number of halogens is 1. The van der Waals surface area contributed by atoms with Crippen molar-refractivity contribution in [1.82, 2.24) is 15.2 Å². The lowest BCUT2D eigenvalue weighted by Crippen LogP contribution is -1.79. The summed E-state index contributed by atoms with van der Waals surface area (Å²) in [5.74, 6) is 0.800. The third-order valence-electron chi connectivity index (χ3n) is 1.45. The second-order valence-electron chi connectivity index (χ2n) is 2.42. The SMILES string of the molecule is Clc1nnc(CSc2ccncc2)s1. The van der Waals surface area contributed by atoms with Gasteiger partial charge in [-0.15, -0.1) is 22.0 Å². The predicted molar refractivity (Wildman–Crippen MR) is 58.7 cm³/mol. The maximum atomic E-state index is 5.67. The van der Waals surface area contributed by atoms with E-state index in [9.17, 15) is 0 Å². The molecule has 0 N–H and O–H groups in total. The molecule has 6 heteroatoms. The molecule has 2 aromatic rings. The Labute approximate surface area is 94.5 Å². The van der Waals surface area contributed by atoms with Gasteiger partial charge in [0.15, 0.2) is 0 Å². The molecular weight excluding hydrogens is 238 g/mol. The Hall–Kier alpha value is -0.650. The van der Waals surface area contributed by atoms with Gasteiger partial charge in [-0.05, 0) is 23.7 Å². The van der Waals surface area contributed by atoms with Gasteiger partial charge in [0.1, 0.15) is 5.01 Å². The summed E-state index contributed by atoms with van der Waals surface area (Å²) >= 11 is 8.78. The Morgan fingerprint density at radius 2 is 2.07 bits per heavy atom. The van der Waals surface area contributed by atoms with Crippen LogP contribution in [0.15, 0.2) is 29.4 Å². The number of nitrogens with zero attached hydrogens (tertiary/aromatic N) is 3. The predicted octanol–water partition coefficient (Wildman–Crippen LogP) is 2.88. The Morgan fingerprint density at radius 3 is 2.71 bits per heavy atom. The molecule has 2 aromatic heterocycles. The van der Waals surface area contributed by atoms with E-state index in [2.05, 4.69) is 15.2 Å². The van der Waals surface area contributed by atoms with Crippen molar-refractivity contribution in [2.75, 3.05) is 0 Å². The van der Waals surface area contributed by atoms with Crippen molar-refractivity contribution < 1.29 is 0 Å². The van der Waals surface area contributed by atoms with Crippen molar-refractivity contribution in [3.05, 3.63) is 34.0 Å². The molecule has 0 saturated heterocycles. The molecule has 72 valence electrons. The fourth-order valence-corrected chi connectivity index (χ4v) is 2.61. The first-order chi connectivity index (χ1) is 6.84. The molecule has 0 saturated carbocycles. The Kier molecular flexibility index (Phi) is 3.34. The number of aromatic nitrogens is 3. The fourth-order valence-electron chi connectivity index (χ4n) is 0.871. The average molecular weight is 244 g/mol. The third kappa shape index (κ3) is 2.67. The summed E-state index contributed by atoms with van der Waals surface area (Å²) in [7, 11) is 0. The molecule has 0 unspecified atom stereocenters. The van der Waals surface area contributed by atoms with E-state index >= 15 is 0 Å². The number of thioether (sulfide) groups is 1. The zero-order chi connectivity index (χ0) is 9.80. The highest BCUT2D eigenvalue weighted by molar-refractivity contribution is 7.98. The normalized spacial score (nSPS) is 10.4. The first-order valence-electron chi connectivity index (χ1n) is 3.85. The van der Waals surface area contributed by atoms with Crippen molar-refractivity contribution in [2.24, 2.45) is 0 Å². The van der Waals surface area contributed by atoms with Crippen molar-refractivity contribution in [3.8, 4) is 0 Å². The molecule has 0 bridgehead atoms. The summed E-state index contributed by atoms with van der Waals surface area (Å²) in [5, 5.41) is 8.61. The van der Waals surface area contributed by atoms with Gasteiger partial charge in [0.2, 0.25) is 4.47 Å². The maximum Gasteiger partial charge on any atom is 0.207 e. The van der Waals surface area contributed by atoms with E-state index in [4.69, 9.17) is 11.6 Å². The summed E-state index contributed by atoms with van der Waals surface area (Å²) in [6.07, 6.45) is 3.55. The standard InChI is InChI=1S/C8H6ClN3S2/c9-8-12-11-7(14-8)5-13-6-1-3-10-4-2-6/h1-4H,5H2. The lowest BCUT2D eigenvalue weighted by Gasteiger charge is -1.96. The highest BCUT2D eigenvalue weighted by Crippen LogP contribution is 2.24. The van der Waals surface area contributed by atoms with Crippen LogP contribution in [0.25, 0.3) is 0 Å². The highest BCUT2D eigenvalue weighted by atomic mass is 35.5. The minimum atomic E-state index is 0.496. The molecular formula is C8H6ClN3S2. The summed E-state index contributed by atoms with van der Waals surface area (Å²) in [6, 6.07) is 3.93. The lowest BCUT2D eigenvalue weighted by atomic mass is 10.5. The summed E-state index contributed by atoms with van der Waals surface area (Å²) < 4.78 is 0.496. The molecule has 0 aromatic carbocycles.